The fraction of sp³-hybridized carbons (Fsp3) is 0.130. The Balaban J connectivity index is 1.63. The molecule has 0 spiro atoms. The number of aryl methyl sites for hydroxylation is 1. The van der Waals surface area contributed by atoms with Crippen LogP contribution < -0.4 is 0 Å². The summed E-state index contributed by atoms with van der Waals surface area (Å²) in [5, 5.41) is 13.7. The van der Waals surface area contributed by atoms with Crippen LogP contribution in [-0.4, -0.2) is 32.8 Å². The third-order valence-corrected chi connectivity index (χ3v) is 7.75. The second-order valence-electron chi connectivity index (χ2n) is 7.81. The molecule has 0 radical (unpaired) electrons. The van der Waals surface area contributed by atoms with Crippen molar-refractivity contribution in [1.82, 2.24) is 24.4 Å². The van der Waals surface area contributed by atoms with E-state index < -0.39 is 27.3 Å². The van der Waals surface area contributed by atoms with Gasteiger partial charge in [-0.05, 0) is 59.1 Å². The molecule has 0 amide bonds. The highest BCUT2D eigenvalue weighted by Gasteiger charge is 2.31. The van der Waals surface area contributed by atoms with Gasteiger partial charge in [0.1, 0.15) is 4.88 Å². The van der Waals surface area contributed by atoms with Gasteiger partial charge in [0.25, 0.3) is 5.16 Å². The van der Waals surface area contributed by atoms with Crippen molar-refractivity contribution in [2.45, 2.75) is 24.0 Å². The second-order valence-corrected chi connectivity index (χ2v) is 10.5. The van der Waals surface area contributed by atoms with Gasteiger partial charge in [-0.25, -0.2) is 8.42 Å². The first-order valence-electron chi connectivity index (χ1n) is 10.3. The number of fused-ring (bicyclic) bond motifs is 1. The summed E-state index contributed by atoms with van der Waals surface area (Å²) in [5.41, 5.74) is 0.426. The first kappa shape index (κ1) is 23.1. The zero-order chi connectivity index (χ0) is 24.8. The van der Waals surface area contributed by atoms with Crippen LogP contribution in [-0.2, 0) is 21.8 Å². The molecule has 5 aromatic rings. The number of hydrogen-bond acceptors (Lipinski definition) is 7. The van der Waals surface area contributed by atoms with Gasteiger partial charge in [0.15, 0.2) is 5.82 Å². The Hall–Kier alpha value is -3.64. The summed E-state index contributed by atoms with van der Waals surface area (Å²) in [7, 11) is -4.10. The van der Waals surface area contributed by atoms with Crippen molar-refractivity contribution in [3.63, 3.8) is 0 Å². The maximum Gasteiger partial charge on any atom is 0.416 e. The summed E-state index contributed by atoms with van der Waals surface area (Å²) in [4.78, 5) is 0.557. The van der Waals surface area contributed by atoms with Gasteiger partial charge in [-0.15, -0.1) is 15.3 Å². The number of aromatic nitrogens is 5. The second kappa shape index (κ2) is 8.54. The lowest BCUT2D eigenvalue weighted by Crippen LogP contribution is -2.13. The molecular weight excluding hydrogens is 499 g/mol. The number of alkyl halides is 3. The predicted molar refractivity (Wildman–Crippen MR) is 125 cm³/mol. The molecule has 178 valence electrons. The minimum Gasteiger partial charge on any atom is -0.265 e. The van der Waals surface area contributed by atoms with Gasteiger partial charge in [-0.3, -0.25) is 4.57 Å². The number of rotatable bonds is 5. The van der Waals surface area contributed by atoms with Crippen LogP contribution >= 0.6 is 11.5 Å². The van der Waals surface area contributed by atoms with E-state index in [1.165, 1.54) is 4.57 Å². The molecule has 0 saturated carbocycles. The summed E-state index contributed by atoms with van der Waals surface area (Å²) >= 11 is 1.06. The largest absolute Gasteiger partial charge is 0.416 e. The average Bonchev–Trinajstić information content (AvgIpc) is 3.44. The van der Waals surface area contributed by atoms with Gasteiger partial charge in [0.05, 0.1) is 22.7 Å². The monoisotopic (exact) mass is 515 g/mol. The Morgan fingerprint density at radius 3 is 2.29 bits per heavy atom. The molecule has 3 aromatic carbocycles. The Morgan fingerprint density at radius 2 is 1.63 bits per heavy atom. The van der Waals surface area contributed by atoms with Crippen LogP contribution in [0.2, 0.25) is 0 Å². The van der Waals surface area contributed by atoms with E-state index in [1.54, 1.807) is 13.0 Å². The first-order valence-corrected chi connectivity index (χ1v) is 12.7. The van der Waals surface area contributed by atoms with E-state index in [1.807, 2.05) is 36.4 Å². The minimum atomic E-state index is -4.51. The zero-order valence-corrected chi connectivity index (χ0v) is 19.7. The highest BCUT2D eigenvalue weighted by atomic mass is 32.2. The summed E-state index contributed by atoms with van der Waals surface area (Å²) in [6.45, 7) is 1.73. The van der Waals surface area contributed by atoms with Crippen molar-refractivity contribution in [2.24, 2.45) is 0 Å². The van der Waals surface area contributed by atoms with E-state index in [-0.39, 0.29) is 16.5 Å². The van der Waals surface area contributed by atoms with E-state index in [4.69, 9.17) is 0 Å². The highest BCUT2D eigenvalue weighted by Crippen LogP contribution is 2.32. The number of halogens is 3. The van der Waals surface area contributed by atoms with Crippen LogP contribution in [0.25, 0.3) is 27.2 Å². The van der Waals surface area contributed by atoms with Crippen LogP contribution in [0.3, 0.4) is 0 Å². The van der Waals surface area contributed by atoms with E-state index in [0.717, 1.165) is 46.6 Å². The molecule has 0 aliphatic heterocycles. The zero-order valence-electron chi connectivity index (χ0n) is 18.1. The molecule has 0 aliphatic rings. The van der Waals surface area contributed by atoms with Crippen molar-refractivity contribution in [3.8, 4) is 16.4 Å². The first-order chi connectivity index (χ1) is 16.6. The molecule has 7 nitrogen and oxygen atoms in total. The number of sulfone groups is 1. The van der Waals surface area contributed by atoms with Gasteiger partial charge in [0, 0.05) is 0 Å². The highest BCUT2D eigenvalue weighted by molar-refractivity contribution is 7.90. The molecule has 0 fully saturated rings. The van der Waals surface area contributed by atoms with Crippen molar-refractivity contribution in [1.29, 1.82) is 0 Å². The van der Waals surface area contributed by atoms with Crippen molar-refractivity contribution >= 4 is 32.1 Å². The molecule has 0 saturated heterocycles. The lowest BCUT2D eigenvalue weighted by molar-refractivity contribution is -0.137. The Bertz CT molecular complexity index is 1640. The molecule has 5 rings (SSSR count). The van der Waals surface area contributed by atoms with Crippen LogP contribution in [0.15, 0.2) is 71.9 Å². The lowest BCUT2D eigenvalue weighted by Gasteiger charge is -2.12. The van der Waals surface area contributed by atoms with Gasteiger partial charge < -0.3 is 0 Å². The van der Waals surface area contributed by atoms with Crippen LogP contribution in [0.1, 0.15) is 16.8 Å². The van der Waals surface area contributed by atoms with Gasteiger partial charge in [-0.2, -0.15) is 13.2 Å². The van der Waals surface area contributed by atoms with Crippen LogP contribution in [0, 0.1) is 6.92 Å². The number of benzene rings is 3. The minimum absolute atomic E-state index is 0.197. The molecule has 2 heterocycles. The summed E-state index contributed by atoms with van der Waals surface area (Å²) < 4.78 is 70.9. The number of nitrogens with zero attached hydrogens (tertiary/aromatic N) is 5. The molecule has 0 aliphatic carbocycles. The third-order valence-electron chi connectivity index (χ3n) is 5.40. The van der Waals surface area contributed by atoms with E-state index >= 15 is 0 Å². The molecular formula is C23H16F3N5O2S2. The van der Waals surface area contributed by atoms with Crippen molar-refractivity contribution in [2.75, 3.05) is 0 Å². The third kappa shape index (κ3) is 4.42. The standard InChI is InChI=1S/C23H16F3N5O2S2/c1-14-20(34-30-27-14)21-28-29-22(31(21)19-11-8-16-4-2-3-5-17(16)12-19)35(32,33)13-15-6-9-18(10-7-15)23(24,25)26/h2-12H,13H2,1H3. The Kier molecular flexibility index (Phi) is 5.64. The summed E-state index contributed by atoms with van der Waals surface area (Å²) in [5.74, 6) is -0.282. The van der Waals surface area contributed by atoms with Crippen LogP contribution in [0.4, 0.5) is 13.2 Å². The lowest BCUT2D eigenvalue weighted by atomic mass is 10.1. The quantitative estimate of drug-likeness (QED) is 0.318. The van der Waals surface area contributed by atoms with Gasteiger partial charge >= 0.3 is 6.18 Å². The Morgan fingerprint density at radius 1 is 0.914 bits per heavy atom. The van der Waals surface area contributed by atoms with Crippen molar-refractivity contribution in [3.05, 3.63) is 83.6 Å². The number of hydrogen-bond donors (Lipinski definition) is 0. The normalized spacial score (nSPS) is 12.3. The Labute approximate surface area is 202 Å². The maximum atomic E-state index is 13.4. The van der Waals surface area contributed by atoms with E-state index in [0.29, 0.717) is 16.3 Å². The molecule has 0 atom stereocenters. The molecule has 0 bridgehead atoms. The summed E-state index contributed by atoms with van der Waals surface area (Å²) in [6.07, 6.45) is -4.51. The predicted octanol–water partition coefficient (Wildman–Crippen LogP) is 5.24. The van der Waals surface area contributed by atoms with Gasteiger partial charge in [-0.1, -0.05) is 47.0 Å². The fourth-order valence-electron chi connectivity index (χ4n) is 3.68. The van der Waals surface area contributed by atoms with Crippen molar-refractivity contribution < 1.29 is 21.6 Å². The average molecular weight is 516 g/mol. The smallest absolute Gasteiger partial charge is 0.265 e. The molecule has 35 heavy (non-hydrogen) atoms. The molecule has 2 aromatic heterocycles. The fourth-order valence-corrected chi connectivity index (χ4v) is 5.70. The van der Waals surface area contributed by atoms with Gasteiger partial charge in [0.2, 0.25) is 9.84 Å². The maximum absolute atomic E-state index is 13.4. The van der Waals surface area contributed by atoms with Crippen LogP contribution in [0.5, 0.6) is 0 Å². The van der Waals surface area contributed by atoms with E-state index in [9.17, 15) is 21.6 Å². The van der Waals surface area contributed by atoms with E-state index in [2.05, 4.69) is 19.8 Å². The summed E-state index contributed by atoms with van der Waals surface area (Å²) in [6, 6.07) is 17.1. The molecule has 12 heteroatoms. The SMILES string of the molecule is Cc1nnsc1-c1nnc(S(=O)(=O)Cc2ccc(C(F)(F)F)cc2)n1-c1ccc2ccccc2c1. The topological polar surface area (TPSA) is 90.6 Å². The molecule has 0 N–H and O–H groups in total. The molecule has 0 unspecified atom stereocenters.